The predicted molar refractivity (Wildman–Crippen MR) is 197 cm³/mol. The van der Waals surface area contributed by atoms with E-state index in [9.17, 15) is 24.0 Å². The molecule has 0 saturated heterocycles. The Morgan fingerprint density at radius 1 is 0.940 bits per heavy atom. The molecule has 250 valence electrons. The summed E-state index contributed by atoms with van der Waals surface area (Å²) in [6, 6.07) is 33.1. The summed E-state index contributed by atoms with van der Waals surface area (Å²) in [6.07, 6.45) is 4.03. The first-order chi connectivity index (χ1) is 24.3. The zero-order chi connectivity index (χ0) is 35.0. The molecule has 0 spiro atoms. The van der Waals surface area contributed by atoms with Crippen molar-refractivity contribution in [2.75, 3.05) is 10.6 Å². The van der Waals surface area contributed by atoms with Crippen molar-refractivity contribution in [1.82, 2.24) is 5.32 Å². The van der Waals surface area contributed by atoms with Crippen LogP contribution < -0.4 is 16.0 Å². The van der Waals surface area contributed by atoms with Crippen molar-refractivity contribution in [3.8, 4) is 6.07 Å². The highest BCUT2D eigenvalue weighted by Crippen LogP contribution is 2.42. The lowest BCUT2D eigenvalue weighted by Gasteiger charge is -2.18. The van der Waals surface area contributed by atoms with E-state index in [1.165, 1.54) is 47.4 Å². The lowest BCUT2D eigenvalue weighted by molar-refractivity contribution is -0.116. The Hall–Kier alpha value is -5.50. The van der Waals surface area contributed by atoms with Gasteiger partial charge < -0.3 is 16.0 Å². The minimum atomic E-state index is -0.673. The van der Waals surface area contributed by atoms with Crippen LogP contribution in [-0.4, -0.2) is 17.7 Å². The number of thioether (sulfide) groups is 1. The van der Waals surface area contributed by atoms with E-state index in [1.807, 2.05) is 36.4 Å². The van der Waals surface area contributed by atoms with Gasteiger partial charge in [0, 0.05) is 26.6 Å². The summed E-state index contributed by atoms with van der Waals surface area (Å²) in [5.41, 5.74) is 3.09. The van der Waals surface area contributed by atoms with Gasteiger partial charge >= 0.3 is 0 Å². The Kier molecular flexibility index (Phi) is 10.9. The molecular weight excluding hydrogens is 668 g/mol. The average molecular weight is 701 g/mol. The molecule has 0 bridgehead atoms. The molecular formula is C40H33FN4O3S2. The van der Waals surface area contributed by atoms with Gasteiger partial charge in [0.05, 0.1) is 5.56 Å². The smallest absolute Gasteiger partial charge is 0.272 e. The summed E-state index contributed by atoms with van der Waals surface area (Å²) in [5.74, 6) is -1.46. The molecule has 0 aliphatic heterocycles. The van der Waals surface area contributed by atoms with Crippen molar-refractivity contribution in [2.24, 2.45) is 5.92 Å². The first-order valence-electron chi connectivity index (χ1n) is 16.1. The lowest BCUT2D eigenvalue weighted by atomic mass is 9.88. The third-order valence-corrected chi connectivity index (χ3v) is 10.7. The number of nitrogens with zero attached hydrogens (tertiary/aromatic N) is 1. The maximum atomic E-state index is 14.6. The van der Waals surface area contributed by atoms with Crippen LogP contribution in [0.3, 0.4) is 0 Å². The molecule has 50 heavy (non-hydrogen) atoms. The van der Waals surface area contributed by atoms with Gasteiger partial charge in [-0.15, -0.1) is 23.1 Å². The van der Waals surface area contributed by atoms with Crippen LogP contribution in [0.1, 0.15) is 56.1 Å². The number of anilines is 2. The molecule has 3 amide bonds. The normalized spacial score (nSPS) is 14.5. The Labute approximate surface area is 298 Å². The van der Waals surface area contributed by atoms with Crippen molar-refractivity contribution in [1.29, 1.82) is 5.26 Å². The van der Waals surface area contributed by atoms with Crippen molar-refractivity contribution >= 4 is 57.6 Å². The molecule has 0 saturated carbocycles. The van der Waals surface area contributed by atoms with Crippen molar-refractivity contribution in [3.05, 3.63) is 153 Å². The molecule has 1 aliphatic rings. The highest BCUT2D eigenvalue weighted by molar-refractivity contribution is 8.00. The Morgan fingerprint density at radius 2 is 1.66 bits per heavy atom. The maximum absolute atomic E-state index is 14.6. The Bertz CT molecular complexity index is 2110. The Morgan fingerprint density at radius 3 is 2.40 bits per heavy atom. The topological polar surface area (TPSA) is 111 Å². The number of rotatable bonds is 10. The predicted octanol–water partition coefficient (Wildman–Crippen LogP) is 8.77. The summed E-state index contributed by atoms with van der Waals surface area (Å²) >= 11 is 2.79. The van der Waals surface area contributed by atoms with Gasteiger partial charge in [0.15, 0.2) is 0 Å². The van der Waals surface area contributed by atoms with E-state index in [4.69, 9.17) is 0 Å². The number of amides is 3. The number of thiophene rings is 1. The number of carbonyl (C=O) groups is 3. The van der Waals surface area contributed by atoms with Crippen LogP contribution in [0, 0.1) is 23.1 Å². The molecule has 2 unspecified atom stereocenters. The number of fused-ring (bicyclic) bond motifs is 1. The molecule has 7 nitrogen and oxygen atoms in total. The van der Waals surface area contributed by atoms with Gasteiger partial charge in [-0.05, 0) is 78.8 Å². The fourth-order valence-corrected chi connectivity index (χ4v) is 8.15. The van der Waals surface area contributed by atoms with Crippen LogP contribution in [0.25, 0.3) is 6.08 Å². The third-order valence-electron chi connectivity index (χ3n) is 8.28. The first-order valence-corrected chi connectivity index (χ1v) is 17.8. The third kappa shape index (κ3) is 8.20. The van der Waals surface area contributed by atoms with Gasteiger partial charge in [0.2, 0.25) is 5.91 Å². The number of benzene rings is 4. The molecule has 4 aromatic carbocycles. The SMILES string of the molecule is CC1CCc2c(sc(NC(=O)C(Sc3cccc(NC(=O)/C(=C/c4ccccc4F)NC(=O)c4ccccc4)c3)c3ccccc3)c2C#N)C1. The largest absolute Gasteiger partial charge is 0.321 e. The monoisotopic (exact) mass is 700 g/mol. The van der Waals surface area contributed by atoms with E-state index in [-0.39, 0.29) is 17.2 Å². The van der Waals surface area contributed by atoms with Gasteiger partial charge in [0.25, 0.3) is 11.8 Å². The van der Waals surface area contributed by atoms with Crippen molar-refractivity contribution < 1.29 is 18.8 Å². The van der Waals surface area contributed by atoms with E-state index < -0.39 is 22.9 Å². The quantitative estimate of drug-likeness (QED) is 0.0997. The van der Waals surface area contributed by atoms with Crippen LogP contribution in [0.4, 0.5) is 15.1 Å². The zero-order valence-electron chi connectivity index (χ0n) is 27.1. The summed E-state index contributed by atoms with van der Waals surface area (Å²) in [5, 5.41) is 18.4. The van der Waals surface area contributed by atoms with E-state index in [2.05, 4.69) is 28.9 Å². The van der Waals surface area contributed by atoms with E-state index >= 15 is 0 Å². The lowest BCUT2D eigenvalue weighted by Crippen LogP contribution is -2.30. The van der Waals surface area contributed by atoms with Gasteiger partial charge in [-0.1, -0.05) is 79.7 Å². The first kappa shape index (κ1) is 34.4. The van der Waals surface area contributed by atoms with Gasteiger partial charge in [-0.3, -0.25) is 14.4 Å². The maximum Gasteiger partial charge on any atom is 0.272 e. The fraction of sp³-hybridized carbons (Fsp3) is 0.150. The fourth-order valence-electron chi connectivity index (χ4n) is 5.71. The summed E-state index contributed by atoms with van der Waals surface area (Å²) in [7, 11) is 0. The highest BCUT2D eigenvalue weighted by Gasteiger charge is 2.28. The molecule has 2 atom stereocenters. The molecule has 1 aliphatic carbocycles. The molecule has 6 rings (SSSR count). The van der Waals surface area contributed by atoms with Crippen molar-refractivity contribution in [3.63, 3.8) is 0 Å². The van der Waals surface area contributed by atoms with Gasteiger partial charge in [0.1, 0.15) is 27.8 Å². The molecule has 1 heterocycles. The molecule has 10 heteroatoms. The van der Waals surface area contributed by atoms with Crippen molar-refractivity contribution in [2.45, 2.75) is 36.3 Å². The van der Waals surface area contributed by atoms with E-state index in [1.54, 1.807) is 54.6 Å². The van der Waals surface area contributed by atoms with E-state index in [0.29, 0.717) is 32.6 Å². The van der Waals surface area contributed by atoms with Gasteiger partial charge in [-0.2, -0.15) is 5.26 Å². The second kappa shape index (κ2) is 15.8. The summed E-state index contributed by atoms with van der Waals surface area (Å²) in [4.78, 5) is 42.4. The van der Waals surface area contributed by atoms with E-state index in [0.717, 1.165) is 35.3 Å². The molecule has 3 N–H and O–H groups in total. The van der Waals surface area contributed by atoms with Crippen LogP contribution in [-0.2, 0) is 22.4 Å². The van der Waals surface area contributed by atoms with Crippen LogP contribution >= 0.6 is 23.1 Å². The average Bonchev–Trinajstić information content (AvgIpc) is 3.47. The molecule has 0 radical (unpaired) electrons. The minimum absolute atomic E-state index is 0.132. The van der Waals surface area contributed by atoms with Crippen LogP contribution in [0.2, 0.25) is 0 Å². The summed E-state index contributed by atoms with van der Waals surface area (Å²) in [6.45, 7) is 2.20. The molecule has 1 aromatic heterocycles. The number of hydrogen-bond donors (Lipinski definition) is 3. The number of halogens is 1. The molecule has 0 fully saturated rings. The number of nitrogens with one attached hydrogen (secondary N) is 3. The minimum Gasteiger partial charge on any atom is -0.321 e. The second-order valence-electron chi connectivity index (χ2n) is 11.9. The number of carbonyl (C=O) groups excluding carboxylic acids is 3. The molecule has 5 aromatic rings. The Balaban J connectivity index is 1.24. The zero-order valence-corrected chi connectivity index (χ0v) is 28.7. The van der Waals surface area contributed by atoms with Crippen LogP contribution in [0.5, 0.6) is 0 Å². The van der Waals surface area contributed by atoms with Crippen LogP contribution in [0.15, 0.2) is 120 Å². The number of hydrogen-bond acceptors (Lipinski definition) is 6. The standard InChI is InChI=1S/C40H33FN4O3S2/c1-25-19-20-31-32(24-42)40(50-35(31)21-25)45-39(48)36(26-11-4-2-5-12-26)49-30-17-10-16-29(23-30)43-38(47)34(22-28-15-8-9-18-33(28)41)44-37(46)27-13-6-3-7-14-27/h2-18,22-23,25,36H,19-21H2,1H3,(H,43,47)(H,44,46)(H,45,48)/b34-22-. The summed E-state index contributed by atoms with van der Waals surface area (Å²) < 4.78 is 14.6. The highest BCUT2D eigenvalue weighted by atomic mass is 32.2. The van der Waals surface area contributed by atoms with Gasteiger partial charge in [-0.25, -0.2) is 4.39 Å². The second-order valence-corrected chi connectivity index (χ2v) is 14.2. The number of nitriles is 1.